The fraction of sp³-hybridized carbons (Fsp3) is 0.900. The number of carbonyl (C=O) groups excluding carboxylic acids is 1. The minimum absolute atomic E-state index is 0.187. The first kappa shape index (κ1) is 11.3. The number of hydrogen-bond donors (Lipinski definition) is 1. The van der Waals surface area contributed by atoms with Crippen molar-refractivity contribution in [3.8, 4) is 0 Å². The summed E-state index contributed by atoms with van der Waals surface area (Å²) in [5.41, 5.74) is 3.47. The SMILES string of the molecule is CC(C)(C)OC(=O)N1CC[C@@H](C[NH3+])C1. The number of quaternary nitrogens is 1. The Bertz CT molecular complexity index is 211. The van der Waals surface area contributed by atoms with E-state index in [1.54, 1.807) is 4.90 Å². The summed E-state index contributed by atoms with van der Waals surface area (Å²) in [7, 11) is 0. The van der Waals surface area contributed by atoms with Crippen LogP contribution in [0.4, 0.5) is 4.79 Å². The average Bonchev–Trinajstić information content (AvgIpc) is 2.48. The lowest BCUT2D eigenvalue weighted by molar-refractivity contribution is -0.377. The summed E-state index contributed by atoms with van der Waals surface area (Å²) in [5.74, 6) is 0.558. The van der Waals surface area contributed by atoms with Gasteiger partial charge in [0, 0.05) is 19.0 Å². The summed E-state index contributed by atoms with van der Waals surface area (Å²) in [4.78, 5) is 13.4. The van der Waals surface area contributed by atoms with Gasteiger partial charge < -0.3 is 15.4 Å². The molecule has 1 aliphatic heterocycles. The largest absolute Gasteiger partial charge is 0.444 e. The van der Waals surface area contributed by atoms with Crippen molar-refractivity contribution in [2.75, 3.05) is 19.6 Å². The van der Waals surface area contributed by atoms with Crippen LogP contribution in [0.5, 0.6) is 0 Å². The summed E-state index contributed by atoms with van der Waals surface area (Å²) in [6.07, 6.45) is 0.872. The molecule has 0 radical (unpaired) electrons. The summed E-state index contributed by atoms with van der Waals surface area (Å²) >= 11 is 0. The standard InChI is InChI=1S/C10H20N2O2/c1-10(2,3)14-9(13)12-5-4-8(6-11)7-12/h8H,4-7,11H2,1-3H3/p+1/t8-/m0/s1. The van der Waals surface area contributed by atoms with Crippen molar-refractivity contribution in [3.05, 3.63) is 0 Å². The van der Waals surface area contributed by atoms with Crippen LogP contribution >= 0.6 is 0 Å². The lowest BCUT2D eigenvalue weighted by Crippen LogP contribution is -2.54. The number of carbonyl (C=O) groups is 1. The van der Waals surface area contributed by atoms with Crippen LogP contribution in [0.15, 0.2) is 0 Å². The normalized spacial score (nSPS) is 22.6. The first-order chi connectivity index (χ1) is 6.42. The van der Waals surface area contributed by atoms with Crippen LogP contribution < -0.4 is 5.73 Å². The van der Waals surface area contributed by atoms with Gasteiger partial charge in [0.15, 0.2) is 0 Å². The Morgan fingerprint density at radius 1 is 1.57 bits per heavy atom. The van der Waals surface area contributed by atoms with Crippen LogP contribution in [-0.4, -0.2) is 36.2 Å². The predicted octanol–water partition coefficient (Wildman–Crippen LogP) is 0.485. The Morgan fingerprint density at radius 3 is 2.64 bits per heavy atom. The second-order valence-electron chi connectivity index (χ2n) is 4.87. The number of ether oxygens (including phenoxy) is 1. The van der Waals surface area contributed by atoms with Gasteiger partial charge in [-0.3, -0.25) is 0 Å². The molecule has 0 aromatic rings. The lowest BCUT2D eigenvalue weighted by Gasteiger charge is -2.24. The molecule has 14 heavy (non-hydrogen) atoms. The van der Waals surface area contributed by atoms with Gasteiger partial charge in [-0.05, 0) is 27.2 Å². The van der Waals surface area contributed by atoms with Crippen molar-refractivity contribution in [2.45, 2.75) is 32.8 Å². The molecule has 0 aromatic heterocycles. The zero-order valence-electron chi connectivity index (χ0n) is 9.38. The molecule has 4 nitrogen and oxygen atoms in total. The quantitative estimate of drug-likeness (QED) is 0.671. The minimum atomic E-state index is -0.389. The van der Waals surface area contributed by atoms with Crippen LogP contribution in [-0.2, 0) is 4.74 Å². The molecule has 1 heterocycles. The Kier molecular flexibility index (Phi) is 3.37. The van der Waals surface area contributed by atoms with Crippen molar-refractivity contribution >= 4 is 6.09 Å². The van der Waals surface area contributed by atoms with E-state index in [9.17, 15) is 4.79 Å². The molecule has 1 aliphatic rings. The minimum Gasteiger partial charge on any atom is -0.444 e. The maximum absolute atomic E-state index is 11.6. The van der Waals surface area contributed by atoms with Gasteiger partial charge in [0.25, 0.3) is 0 Å². The molecular weight excluding hydrogens is 180 g/mol. The monoisotopic (exact) mass is 201 g/mol. The maximum Gasteiger partial charge on any atom is 0.410 e. The number of likely N-dealkylation sites (tertiary alicyclic amines) is 1. The molecule has 0 unspecified atom stereocenters. The van der Waals surface area contributed by atoms with Crippen molar-refractivity contribution < 1.29 is 15.3 Å². The fourth-order valence-corrected chi connectivity index (χ4v) is 1.56. The maximum atomic E-state index is 11.6. The van der Waals surface area contributed by atoms with Gasteiger partial charge in [0.2, 0.25) is 0 Å². The van der Waals surface area contributed by atoms with Crippen LogP contribution in [0, 0.1) is 5.92 Å². The molecule has 0 aliphatic carbocycles. The summed E-state index contributed by atoms with van der Waals surface area (Å²) < 4.78 is 5.28. The van der Waals surface area contributed by atoms with E-state index in [1.807, 2.05) is 20.8 Å². The molecule has 4 heteroatoms. The Labute approximate surface area is 85.4 Å². The van der Waals surface area contributed by atoms with Gasteiger partial charge >= 0.3 is 6.09 Å². The van der Waals surface area contributed by atoms with Crippen molar-refractivity contribution in [1.29, 1.82) is 0 Å². The summed E-state index contributed by atoms with van der Waals surface area (Å²) in [6.45, 7) is 8.19. The Morgan fingerprint density at radius 2 is 2.21 bits per heavy atom. The molecule has 0 bridgehead atoms. The Balaban J connectivity index is 2.40. The first-order valence-corrected chi connectivity index (χ1v) is 5.19. The predicted molar refractivity (Wildman–Crippen MR) is 53.7 cm³/mol. The van der Waals surface area contributed by atoms with Gasteiger partial charge in [-0.1, -0.05) is 0 Å². The highest BCUT2D eigenvalue weighted by atomic mass is 16.6. The van der Waals surface area contributed by atoms with E-state index in [-0.39, 0.29) is 11.7 Å². The zero-order valence-corrected chi connectivity index (χ0v) is 9.38. The van der Waals surface area contributed by atoms with Crippen LogP contribution in [0.1, 0.15) is 27.2 Å². The zero-order chi connectivity index (χ0) is 10.8. The highest BCUT2D eigenvalue weighted by Gasteiger charge is 2.29. The van der Waals surface area contributed by atoms with Crippen molar-refractivity contribution in [2.24, 2.45) is 5.92 Å². The van der Waals surface area contributed by atoms with Gasteiger partial charge in [-0.25, -0.2) is 4.79 Å². The third-order valence-corrected chi connectivity index (χ3v) is 2.35. The van der Waals surface area contributed by atoms with Crippen molar-refractivity contribution in [1.82, 2.24) is 4.90 Å². The van der Waals surface area contributed by atoms with E-state index in [4.69, 9.17) is 4.74 Å². The first-order valence-electron chi connectivity index (χ1n) is 5.19. The molecule has 1 atom stereocenters. The van der Waals surface area contributed by atoms with Gasteiger partial charge in [-0.2, -0.15) is 0 Å². The second-order valence-corrected chi connectivity index (χ2v) is 4.87. The molecule has 0 saturated carbocycles. The third-order valence-electron chi connectivity index (χ3n) is 2.35. The van der Waals surface area contributed by atoms with E-state index in [2.05, 4.69) is 5.73 Å². The highest BCUT2D eigenvalue weighted by Crippen LogP contribution is 2.17. The third kappa shape index (κ3) is 3.18. The van der Waals surface area contributed by atoms with Crippen LogP contribution in [0.25, 0.3) is 0 Å². The average molecular weight is 201 g/mol. The molecule has 0 spiro atoms. The molecular formula is C10H21N2O2+. The number of rotatable bonds is 1. The molecule has 0 aromatic carbocycles. The van der Waals surface area contributed by atoms with Crippen LogP contribution in [0.2, 0.25) is 0 Å². The molecule has 3 N–H and O–H groups in total. The molecule has 1 saturated heterocycles. The van der Waals surface area contributed by atoms with E-state index in [0.717, 1.165) is 26.1 Å². The number of amides is 1. The van der Waals surface area contributed by atoms with Gasteiger partial charge in [0.1, 0.15) is 5.60 Å². The molecule has 1 rings (SSSR count). The smallest absolute Gasteiger partial charge is 0.410 e. The molecule has 1 fully saturated rings. The number of hydrogen-bond acceptors (Lipinski definition) is 2. The number of nitrogens with zero attached hydrogens (tertiary/aromatic N) is 1. The molecule has 1 amide bonds. The van der Waals surface area contributed by atoms with Gasteiger partial charge in [0.05, 0.1) is 6.54 Å². The van der Waals surface area contributed by atoms with E-state index in [1.165, 1.54) is 0 Å². The Hall–Kier alpha value is -0.770. The van der Waals surface area contributed by atoms with E-state index < -0.39 is 0 Å². The fourth-order valence-electron chi connectivity index (χ4n) is 1.56. The molecule has 82 valence electrons. The second kappa shape index (κ2) is 4.17. The lowest BCUT2D eigenvalue weighted by atomic mass is 10.1. The van der Waals surface area contributed by atoms with E-state index >= 15 is 0 Å². The van der Waals surface area contributed by atoms with E-state index in [0.29, 0.717) is 5.92 Å². The van der Waals surface area contributed by atoms with Gasteiger partial charge in [-0.15, -0.1) is 0 Å². The topological polar surface area (TPSA) is 57.2 Å². The summed E-state index contributed by atoms with van der Waals surface area (Å²) in [5, 5.41) is 0. The van der Waals surface area contributed by atoms with Crippen LogP contribution in [0.3, 0.4) is 0 Å². The summed E-state index contributed by atoms with van der Waals surface area (Å²) in [6, 6.07) is 0. The highest BCUT2D eigenvalue weighted by molar-refractivity contribution is 5.68. The van der Waals surface area contributed by atoms with Crippen molar-refractivity contribution in [3.63, 3.8) is 0 Å².